The lowest BCUT2D eigenvalue weighted by Crippen LogP contribution is -2.20. The topological polar surface area (TPSA) is 21.3 Å². The van der Waals surface area contributed by atoms with Gasteiger partial charge in [-0.2, -0.15) is 0 Å². The Kier molecular flexibility index (Phi) is 6.69. The third-order valence-electron chi connectivity index (χ3n) is 2.67. The molecule has 1 aliphatic rings. The number of hydrogen-bond acceptors (Lipinski definition) is 2. The van der Waals surface area contributed by atoms with Crippen LogP contribution in [0, 0.1) is 0 Å². The van der Waals surface area contributed by atoms with E-state index in [1.807, 2.05) is 0 Å². The first kappa shape index (κ1) is 12.7. The van der Waals surface area contributed by atoms with Gasteiger partial charge in [0.25, 0.3) is 0 Å². The van der Waals surface area contributed by atoms with E-state index in [9.17, 15) is 0 Å². The van der Waals surface area contributed by atoms with Gasteiger partial charge in [0.2, 0.25) is 0 Å². The van der Waals surface area contributed by atoms with Crippen LogP contribution < -0.4 is 5.32 Å². The molecule has 0 saturated heterocycles. The quantitative estimate of drug-likeness (QED) is 0.443. The Morgan fingerprint density at radius 2 is 2.13 bits per heavy atom. The lowest BCUT2D eigenvalue weighted by atomic mass is 10.2. The zero-order valence-electron chi connectivity index (χ0n) is 10.1. The fraction of sp³-hybridized carbons (Fsp3) is 0.846. The van der Waals surface area contributed by atoms with Gasteiger partial charge in [0.1, 0.15) is 0 Å². The van der Waals surface area contributed by atoms with Gasteiger partial charge in [0.05, 0.1) is 6.61 Å². The average molecular weight is 211 g/mol. The summed E-state index contributed by atoms with van der Waals surface area (Å²) in [5.74, 6) is 0. The van der Waals surface area contributed by atoms with Crippen molar-refractivity contribution in [2.45, 2.75) is 51.5 Å². The first-order valence-corrected chi connectivity index (χ1v) is 6.30. The largest absolute Gasteiger partial charge is 0.377 e. The van der Waals surface area contributed by atoms with E-state index in [1.165, 1.54) is 44.1 Å². The van der Waals surface area contributed by atoms with Crippen molar-refractivity contribution >= 4 is 0 Å². The molecule has 1 N–H and O–H groups in total. The van der Waals surface area contributed by atoms with E-state index in [2.05, 4.69) is 18.8 Å². The fourth-order valence-corrected chi connectivity index (χ4v) is 1.47. The number of unbranched alkanes of at least 4 members (excludes halogenated alkanes) is 3. The van der Waals surface area contributed by atoms with Crippen LogP contribution in [0.1, 0.15) is 45.4 Å². The highest BCUT2D eigenvalue weighted by molar-refractivity contribution is 4.99. The zero-order valence-corrected chi connectivity index (χ0v) is 10.1. The standard InChI is InChI=1S/C13H25NO/c1-3-4-5-6-9-15-11-12(2)10-14-13-7-8-13/h13-14H,2-11H2,1H3. The third-order valence-corrected chi connectivity index (χ3v) is 2.67. The molecule has 2 heteroatoms. The van der Waals surface area contributed by atoms with Gasteiger partial charge in [-0.3, -0.25) is 0 Å². The van der Waals surface area contributed by atoms with Gasteiger partial charge in [0.15, 0.2) is 0 Å². The van der Waals surface area contributed by atoms with E-state index in [4.69, 9.17) is 4.74 Å². The Hall–Kier alpha value is -0.340. The summed E-state index contributed by atoms with van der Waals surface area (Å²) in [5.41, 5.74) is 1.18. The highest BCUT2D eigenvalue weighted by Gasteiger charge is 2.19. The van der Waals surface area contributed by atoms with Gasteiger partial charge in [-0.05, 0) is 24.8 Å². The van der Waals surface area contributed by atoms with Crippen molar-refractivity contribution in [1.29, 1.82) is 0 Å². The minimum absolute atomic E-state index is 0.728. The molecule has 0 aliphatic heterocycles. The van der Waals surface area contributed by atoms with E-state index >= 15 is 0 Å². The SMILES string of the molecule is C=C(CNC1CC1)COCCCCCC. The van der Waals surface area contributed by atoms with Crippen LogP contribution >= 0.6 is 0 Å². The van der Waals surface area contributed by atoms with Crippen LogP contribution in [0.2, 0.25) is 0 Å². The van der Waals surface area contributed by atoms with Gasteiger partial charge >= 0.3 is 0 Å². The number of nitrogens with one attached hydrogen (secondary N) is 1. The Morgan fingerprint density at radius 1 is 1.33 bits per heavy atom. The summed E-state index contributed by atoms with van der Waals surface area (Å²) in [6.07, 6.45) is 7.78. The summed E-state index contributed by atoms with van der Waals surface area (Å²) in [6.45, 7) is 8.78. The Balaban J connectivity index is 1.79. The van der Waals surface area contributed by atoms with Crippen LogP contribution in [0.25, 0.3) is 0 Å². The molecular formula is C13H25NO. The van der Waals surface area contributed by atoms with Crippen molar-refractivity contribution in [1.82, 2.24) is 5.32 Å². The predicted octanol–water partition coefficient (Wildman–Crippen LogP) is 2.89. The second kappa shape index (κ2) is 7.89. The predicted molar refractivity (Wildman–Crippen MR) is 65.1 cm³/mol. The summed E-state index contributed by atoms with van der Waals surface area (Å²) in [5, 5.41) is 3.44. The maximum Gasteiger partial charge on any atom is 0.0686 e. The molecule has 0 heterocycles. The summed E-state index contributed by atoms with van der Waals surface area (Å²) < 4.78 is 5.56. The molecular weight excluding hydrogens is 186 g/mol. The Labute approximate surface area is 94.1 Å². The molecule has 1 saturated carbocycles. The van der Waals surface area contributed by atoms with E-state index in [0.717, 1.165) is 25.8 Å². The molecule has 0 unspecified atom stereocenters. The van der Waals surface area contributed by atoms with Crippen molar-refractivity contribution in [2.75, 3.05) is 19.8 Å². The lowest BCUT2D eigenvalue weighted by molar-refractivity contribution is 0.150. The van der Waals surface area contributed by atoms with E-state index < -0.39 is 0 Å². The van der Waals surface area contributed by atoms with Crippen molar-refractivity contribution in [2.24, 2.45) is 0 Å². The average Bonchev–Trinajstić information content (AvgIpc) is 3.04. The normalized spacial score (nSPS) is 15.5. The molecule has 0 spiro atoms. The minimum atomic E-state index is 0.728. The smallest absolute Gasteiger partial charge is 0.0686 e. The maximum atomic E-state index is 5.56. The molecule has 0 aromatic carbocycles. The third kappa shape index (κ3) is 7.57. The van der Waals surface area contributed by atoms with E-state index in [-0.39, 0.29) is 0 Å². The van der Waals surface area contributed by atoms with Gasteiger partial charge in [-0.1, -0.05) is 32.8 Å². The first-order valence-electron chi connectivity index (χ1n) is 6.30. The monoisotopic (exact) mass is 211 g/mol. The van der Waals surface area contributed by atoms with Crippen LogP contribution in [0.3, 0.4) is 0 Å². The molecule has 2 nitrogen and oxygen atoms in total. The molecule has 88 valence electrons. The van der Waals surface area contributed by atoms with Crippen LogP contribution in [-0.4, -0.2) is 25.8 Å². The van der Waals surface area contributed by atoms with Crippen molar-refractivity contribution in [3.05, 3.63) is 12.2 Å². The van der Waals surface area contributed by atoms with E-state index in [0.29, 0.717) is 0 Å². The summed E-state index contributed by atoms with van der Waals surface area (Å²) in [6, 6.07) is 0.770. The van der Waals surface area contributed by atoms with E-state index in [1.54, 1.807) is 0 Å². The molecule has 0 bridgehead atoms. The van der Waals surface area contributed by atoms with Gasteiger partial charge in [-0.15, -0.1) is 0 Å². The van der Waals surface area contributed by atoms with Gasteiger partial charge in [0, 0.05) is 19.2 Å². The van der Waals surface area contributed by atoms with Crippen LogP contribution in [0.15, 0.2) is 12.2 Å². The second-order valence-corrected chi connectivity index (χ2v) is 4.52. The summed E-state index contributed by atoms with van der Waals surface area (Å²) in [7, 11) is 0. The van der Waals surface area contributed by atoms with Crippen molar-refractivity contribution in [3.63, 3.8) is 0 Å². The fourth-order valence-electron chi connectivity index (χ4n) is 1.47. The van der Waals surface area contributed by atoms with Crippen LogP contribution in [-0.2, 0) is 4.74 Å². The highest BCUT2D eigenvalue weighted by atomic mass is 16.5. The summed E-state index contributed by atoms with van der Waals surface area (Å²) in [4.78, 5) is 0. The van der Waals surface area contributed by atoms with Gasteiger partial charge in [-0.25, -0.2) is 0 Å². The van der Waals surface area contributed by atoms with Crippen molar-refractivity contribution < 1.29 is 4.74 Å². The Morgan fingerprint density at radius 3 is 2.80 bits per heavy atom. The molecule has 1 rings (SSSR count). The highest BCUT2D eigenvalue weighted by Crippen LogP contribution is 2.18. The molecule has 0 atom stereocenters. The number of rotatable bonds is 10. The lowest BCUT2D eigenvalue weighted by Gasteiger charge is -2.07. The molecule has 0 amide bonds. The number of ether oxygens (including phenoxy) is 1. The molecule has 0 aromatic heterocycles. The van der Waals surface area contributed by atoms with Crippen LogP contribution in [0.5, 0.6) is 0 Å². The molecule has 1 fully saturated rings. The second-order valence-electron chi connectivity index (χ2n) is 4.52. The van der Waals surface area contributed by atoms with Crippen molar-refractivity contribution in [3.8, 4) is 0 Å². The molecule has 15 heavy (non-hydrogen) atoms. The van der Waals surface area contributed by atoms with Crippen LogP contribution in [0.4, 0.5) is 0 Å². The molecule has 0 radical (unpaired) electrons. The first-order chi connectivity index (χ1) is 7.33. The molecule has 0 aromatic rings. The Bertz CT molecular complexity index is 175. The zero-order chi connectivity index (χ0) is 10.9. The molecule has 1 aliphatic carbocycles. The maximum absolute atomic E-state index is 5.56. The number of hydrogen-bond donors (Lipinski definition) is 1. The minimum Gasteiger partial charge on any atom is -0.377 e. The summed E-state index contributed by atoms with van der Waals surface area (Å²) >= 11 is 0. The van der Waals surface area contributed by atoms with Gasteiger partial charge < -0.3 is 10.1 Å².